The van der Waals surface area contributed by atoms with Gasteiger partial charge in [0.2, 0.25) is 0 Å². The van der Waals surface area contributed by atoms with Gasteiger partial charge in [-0.3, -0.25) is 0 Å². The van der Waals surface area contributed by atoms with Crippen molar-refractivity contribution in [2.24, 2.45) is 0 Å². The van der Waals surface area contributed by atoms with E-state index >= 15 is 0 Å². The Balaban J connectivity index is 0.000000119. The lowest BCUT2D eigenvalue weighted by atomic mass is 9.86. The number of hydrogen-bond donors (Lipinski definition) is 0. The summed E-state index contributed by atoms with van der Waals surface area (Å²) in [4.78, 5) is 2.65. The third kappa shape index (κ3) is 8.74. The molecule has 4 heterocycles. The maximum Gasteiger partial charge on any atom is 0.504 e. The zero-order valence-corrected chi connectivity index (χ0v) is 39.5. The number of benzene rings is 9. The van der Waals surface area contributed by atoms with Gasteiger partial charge in [-0.25, -0.2) is 0 Å². The van der Waals surface area contributed by atoms with E-state index in [0.29, 0.717) is 0 Å². The van der Waals surface area contributed by atoms with Crippen molar-refractivity contribution in [3.63, 3.8) is 0 Å². The molecule has 2 nitrogen and oxygen atoms in total. The minimum absolute atomic E-state index is 0.142. The molecule has 0 amide bonds. The lowest BCUT2D eigenvalue weighted by molar-refractivity contribution is 0.144. The summed E-state index contributed by atoms with van der Waals surface area (Å²) in [6.07, 6.45) is 1.00. The lowest BCUT2D eigenvalue weighted by Gasteiger charge is -2.18. The van der Waals surface area contributed by atoms with E-state index in [0.717, 1.165) is 28.6 Å². The van der Waals surface area contributed by atoms with Gasteiger partial charge in [0, 0.05) is 50.8 Å². The molecule has 63 heavy (non-hydrogen) atoms. The Labute approximate surface area is 394 Å². The van der Waals surface area contributed by atoms with E-state index in [2.05, 4.69) is 220 Å². The first kappa shape index (κ1) is 40.6. The normalized spacial score (nSPS) is 12.9. The molecule has 12 aromatic rings. The van der Waals surface area contributed by atoms with Crippen molar-refractivity contribution in [2.75, 3.05) is 13.2 Å². The van der Waals surface area contributed by atoms with Crippen LogP contribution in [-0.4, -0.2) is 20.3 Å². The molecule has 1 aliphatic rings. The SMILES string of the molecule is Brc1ccc2cc3cc(Br)ccc3cc2c1.c1ccc2sc(-c3ccc4cc5cc(-c6cc7ccccc7s6)ccc5cc4c3)cc2c1.c1ccc2sc(B3OCCCO3)cc2c1. The van der Waals surface area contributed by atoms with E-state index in [1.165, 1.54) is 99.0 Å². The third-order valence-corrected chi connectivity index (χ3v) is 15.9. The highest BCUT2D eigenvalue weighted by Crippen LogP contribution is 2.38. The number of fused-ring (bicyclic) bond motifs is 7. The van der Waals surface area contributed by atoms with Crippen molar-refractivity contribution in [3.05, 3.63) is 197 Å². The van der Waals surface area contributed by atoms with Gasteiger partial charge in [0.25, 0.3) is 0 Å². The molecule has 8 heteroatoms. The topological polar surface area (TPSA) is 18.5 Å². The Hall–Kier alpha value is -5.16. The number of hydrogen-bond acceptors (Lipinski definition) is 5. The van der Waals surface area contributed by atoms with Crippen molar-refractivity contribution >= 4 is 151 Å². The predicted molar refractivity (Wildman–Crippen MR) is 284 cm³/mol. The maximum absolute atomic E-state index is 5.58. The lowest BCUT2D eigenvalue weighted by Crippen LogP contribution is -2.39. The van der Waals surface area contributed by atoms with E-state index in [1.807, 2.05) is 22.7 Å². The van der Waals surface area contributed by atoms with Crippen LogP contribution in [0.25, 0.3) is 94.2 Å². The molecule has 0 aliphatic carbocycles. The summed E-state index contributed by atoms with van der Waals surface area (Å²) in [5.41, 5.74) is 2.58. The molecule has 0 atom stereocenters. The first-order chi connectivity index (χ1) is 31.0. The molecule has 304 valence electrons. The van der Waals surface area contributed by atoms with Crippen molar-refractivity contribution in [1.82, 2.24) is 0 Å². The largest absolute Gasteiger partial charge is 0.504 e. The van der Waals surface area contributed by atoms with Gasteiger partial charge in [-0.2, -0.15) is 0 Å². The Kier molecular flexibility index (Phi) is 11.5. The minimum Gasteiger partial charge on any atom is -0.407 e. The monoisotopic (exact) mass is 994 g/mol. The highest BCUT2D eigenvalue weighted by atomic mass is 79.9. The van der Waals surface area contributed by atoms with E-state index in [1.54, 1.807) is 11.3 Å². The molecule has 0 unspecified atom stereocenters. The van der Waals surface area contributed by atoms with Gasteiger partial charge in [0.1, 0.15) is 0 Å². The van der Waals surface area contributed by atoms with Crippen molar-refractivity contribution in [1.29, 1.82) is 0 Å². The van der Waals surface area contributed by atoms with E-state index in [-0.39, 0.29) is 7.12 Å². The van der Waals surface area contributed by atoms with Gasteiger partial charge in [0.05, 0.1) is 0 Å². The summed E-state index contributed by atoms with van der Waals surface area (Å²) in [5, 5.41) is 14.2. The molecule has 0 radical (unpaired) electrons. The van der Waals surface area contributed by atoms with Crippen LogP contribution in [0.3, 0.4) is 0 Å². The Morgan fingerprint density at radius 3 is 1.19 bits per heavy atom. The molecule has 3 aromatic heterocycles. The van der Waals surface area contributed by atoms with Crippen LogP contribution in [0.2, 0.25) is 0 Å². The Morgan fingerprint density at radius 2 is 0.746 bits per heavy atom. The van der Waals surface area contributed by atoms with Gasteiger partial charge in [-0.05, 0) is 174 Å². The molecule has 0 spiro atoms. The van der Waals surface area contributed by atoms with Gasteiger partial charge >= 0.3 is 7.12 Å². The zero-order valence-electron chi connectivity index (χ0n) is 33.9. The van der Waals surface area contributed by atoms with Crippen molar-refractivity contribution < 1.29 is 9.31 Å². The smallest absolute Gasteiger partial charge is 0.407 e. The van der Waals surface area contributed by atoms with Crippen LogP contribution in [0.4, 0.5) is 0 Å². The Morgan fingerprint density at radius 1 is 0.349 bits per heavy atom. The molecule has 1 saturated heterocycles. The van der Waals surface area contributed by atoms with Crippen LogP contribution in [0, 0.1) is 0 Å². The fourth-order valence-corrected chi connectivity index (χ4v) is 12.2. The molecule has 13 rings (SSSR count). The highest BCUT2D eigenvalue weighted by molar-refractivity contribution is 9.10. The standard InChI is InChI=1S/C30H18S2.C14H8Br2.C11H11BO2S/c1-3-7-27-21(5-1)17-29(31-27)23-11-9-19-14-26-16-24(12-10-20(26)13-25(19)15-23)30-18-22-6-2-4-8-28(22)32-30;15-13-3-1-9-5-12-8-14(16)4-2-10(12)6-11(9)7-13;1-2-5-10-9(4-1)8-11(15-10)12-13-6-3-7-14-12/h1-18H;1-8H;1-2,4-5,8H,3,6-7H2. The average Bonchev–Trinajstić information content (AvgIpc) is 4.08. The van der Waals surface area contributed by atoms with Crippen LogP contribution in [0.15, 0.2) is 197 Å². The quantitative estimate of drug-likeness (QED) is 0.130. The maximum atomic E-state index is 5.58. The molecule has 1 aliphatic heterocycles. The fraction of sp³-hybridized carbons (Fsp3) is 0.0545. The van der Waals surface area contributed by atoms with E-state index in [9.17, 15) is 0 Å². The summed E-state index contributed by atoms with van der Waals surface area (Å²) in [5.74, 6) is 0. The minimum atomic E-state index is -0.142. The summed E-state index contributed by atoms with van der Waals surface area (Å²) in [6.45, 7) is 1.61. The van der Waals surface area contributed by atoms with Crippen LogP contribution in [0.1, 0.15) is 6.42 Å². The third-order valence-electron chi connectivity index (χ3n) is 11.4. The highest BCUT2D eigenvalue weighted by Gasteiger charge is 2.26. The second-order valence-electron chi connectivity index (χ2n) is 15.7. The zero-order chi connectivity index (χ0) is 42.3. The van der Waals surface area contributed by atoms with Crippen molar-refractivity contribution in [2.45, 2.75) is 6.42 Å². The number of rotatable bonds is 3. The molecule has 1 fully saturated rings. The van der Waals surface area contributed by atoms with Crippen molar-refractivity contribution in [3.8, 4) is 20.9 Å². The molecule has 9 aromatic carbocycles. The van der Waals surface area contributed by atoms with Crippen LogP contribution in [0.5, 0.6) is 0 Å². The summed E-state index contributed by atoms with van der Waals surface area (Å²) < 4.78 is 18.6. The summed E-state index contributed by atoms with van der Waals surface area (Å²) in [6, 6.07) is 67.9. The van der Waals surface area contributed by atoms with Gasteiger partial charge < -0.3 is 9.31 Å². The summed E-state index contributed by atoms with van der Waals surface area (Å²) in [7, 11) is -0.142. The second kappa shape index (κ2) is 17.8. The Bertz CT molecular complexity index is 3330. The fourth-order valence-electron chi connectivity index (χ4n) is 8.26. The van der Waals surface area contributed by atoms with Gasteiger partial charge in [-0.15, -0.1) is 34.0 Å². The van der Waals surface area contributed by atoms with E-state index < -0.39 is 0 Å². The average molecular weight is 997 g/mol. The van der Waals surface area contributed by atoms with Crippen LogP contribution in [-0.2, 0) is 9.31 Å². The molecular formula is C55H37BBr2O2S3. The second-order valence-corrected chi connectivity index (χ2v) is 20.8. The molecule has 0 bridgehead atoms. The number of thiophene rings is 3. The van der Waals surface area contributed by atoms with Gasteiger partial charge in [-0.1, -0.05) is 123 Å². The first-order valence-electron chi connectivity index (χ1n) is 20.9. The summed E-state index contributed by atoms with van der Waals surface area (Å²) >= 11 is 12.5. The first-order valence-corrected chi connectivity index (χ1v) is 25.0. The van der Waals surface area contributed by atoms with Crippen LogP contribution < -0.4 is 4.78 Å². The molecule has 0 saturated carbocycles. The molecule has 0 N–H and O–H groups in total. The van der Waals surface area contributed by atoms with Gasteiger partial charge in [0.15, 0.2) is 0 Å². The van der Waals surface area contributed by atoms with Crippen LogP contribution >= 0.6 is 65.9 Å². The number of halogens is 2. The predicted octanol–water partition coefficient (Wildman–Crippen LogP) is 17.3. The van der Waals surface area contributed by atoms with E-state index in [4.69, 9.17) is 9.31 Å². The molecular weight excluding hydrogens is 959 g/mol.